The van der Waals surface area contributed by atoms with Crippen LogP contribution < -0.4 is 10.3 Å². The second-order valence-electron chi connectivity index (χ2n) is 7.87. The molecular formula is C23H24N4O3. The van der Waals surface area contributed by atoms with Crippen molar-refractivity contribution in [2.24, 2.45) is 0 Å². The van der Waals surface area contributed by atoms with Crippen LogP contribution in [0.2, 0.25) is 0 Å². The van der Waals surface area contributed by atoms with Crippen molar-refractivity contribution in [1.82, 2.24) is 19.0 Å². The Morgan fingerprint density at radius 3 is 2.83 bits per heavy atom. The lowest BCUT2D eigenvalue weighted by molar-refractivity contribution is 0.0672. The van der Waals surface area contributed by atoms with Gasteiger partial charge in [0.1, 0.15) is 23.7 Å². The van der Waals surface area contributed by atoms with Crippen LogP contribution in [0, 0.1) is 6.92 Å². The Bertz CT molecular complexity index is 1180. The Hall–Kier alpha value is -3.35. The molecule has 0 N–H and O–H groups in total. The molecule has 1 aliphatic carbocycles. The molecule has 154 valence electrons. The Morgan fingerprint density at radius 1 is 1.10 bits per heavy atom. The Labute approximate surface area is 174 Å². The van der Waals surface area contributed by atoms with Crippen LogP contribution in [0.3, 0.4) is 0 Å². The van der Waals surface area contributed by atoms with E-state index in [1.165, 1.54) is 17.5 Å². The lowest BCUT2D eigenvalue weighted by Crippen LogP contribution is -2.46. The summed E-state index contributed by atoms with van der Waals surface area (Å²) in [6.07, 6.45) is 6.77. The largest absolute Gasteiger partial charge is 0.491 e. The summed E-state index contributed by atoms with van der Waals surface area (Å²) in [5, 5.41) is 0. The molecule has 7 heteroatoms. The quantitative estimate of drug-likeness (QED) is 0.655. The van der Waals surface area contributed by atoms with E-state index < -0.39 is 0 Å². The predicted molar refractivity (Wildman–Crippen MR) is 112 cm³/mol. The summed E-state index contributed by atoms with van der Waals surface area (Å²) in [6.45, 7) is 3.79. The van der Waals surface area contributed by atoms with E-state index in [0.717, 1.165) is 24.3 Å². The monoisotopic (exact) mass is 404 g/mol. The number of aryl methyl sites for hydroxylation is 2. The van der Waals surface area contributed by atoms with E-state index in [2.05, 4.69) is 11.1 Å². The Morgan fingerprint density at radius 2 is 2.00 bits per heavy atom. The molecule has 5 rings (SSSR count). The van der Waals surface area contributed by atoms with Crippen LogP contribution in [0.15, 0.2) is 47.7 Å². The molecule has 7 nitrogen and oxygen atoms in total. The molecule has 0 saturated heterocycles. The molecule has 0 bridgehead atoms. The molecule has 0 unspecified atom stereocenters. The lowest BCUT2D eigenvalue weighted by Gasteiger charge is -2.29. The zero-order chi connectivity index (χ0) is 20.7. The number of carbonyl (C=O) groups excluding carboxylic acids is 1. The van der Waals surface area contributed by atoms with Crippen LogP contribution >= 0.6 is 0 Å². The highest BCUT2D eigenvalue weighted by atomic mass is 16.5. The number of nitrogens with zero attached hydrogens (tertiary/aromatic N) is 4. The molecule has 3 heterocycles. The van der Waals surface area contributed by atoms with Gasteiger partial charge in [-0.3, -0.25) is 9.59 Å². The van der Waals surface area contributed by atoms with E-state index in [1.807, 2.05) is 19.1 Å². The van der Waals surface area contributed by atoms with Gasteiger partial charge in [0.2, 0.25) is 0 Å². The van der Waals surface area contributed by atoms with E-state index in [-0.39, 0.29) is 11.5 Å². The van der Waals surface area contributed by atoms with Gasteiger partial charge in [-0.2, -0.15) is 0 Å². The molecule has 0 spiro atoms. The van der Waals surface area contributed by atoms with Gasteiger partial charge < -0.3 is 18.8 Å². The third-order valence-electron chi connectivity index (χ3n) is 5.97. The van der Waals surface area contributed by atoms with Crippen LogP contribution in [-0.2, 0) is 19.4 Å². The standard InChI is InChI=1S/C23H24N4O3/c1-16-14-26(15-24-16)19-8-9-20-22(28)25(10-11-27(20)23(19)29)12-13-30-21-7-3-5-17-4-2-6-18(17)21/h3,5,7-9,14-15H,2,4,6,10-13H2,1H3. The molecule has 1 amide bonds. The molecule has 0 fully saturated rings. The fourth-order valence-electron chi connectivity index (χ4n) is 4.41. The Kier molecular flexibility index (Phi) is 4.65. The second kappa shape index (κ2) is 7.48. The topological polar surface area (TPSA) is 69.4 Å². The number of amides is 1. The highest BCUT2D eigenvalue weighted by molar-refractivity contribution is 5.93. The van der Waals surface area contributed by atoms with Crippen LogP contribution in [-0.4, -0.2) is 44.6 Å². The molecule has 2 aliphatic rings. The SMILES string of the molecule is Cc1cn(-c2ccc3n(c2=O)CCN(CCOc2cccc4c2CCC4)C3=O)cn1. The summed E-state index contributed by atoms with van der Waals surface area (Å²) in [6, 6.07) is 9.63. The summed E-state index contributed by atoms with van der Waals surface area (Å²) in [7, 11) is 0. The number of carbonyl (C=O) groups is 1. The van der Waals surface area contributed by atoms with Crippen molar-refractivity contribution in [3.05, 3.63) is 75.7 Å². The maximum Gasteiger partial charge on any atom is 0.275 e. The van der Waals surface area contributed by atoms with Crippen molar-refractivity contribution in [2.45, 2.75) is 32.7 Å². The van der Waals surface area contributed by atoms with Crippen LogP contribution in [0.1, 0.15) is 33.7 Å². The summed E-state index contributed by atoms with van der Waals surface area (Å²) in [5.74, 6) is 0.806. The normalized spacial score (nSPS) is 15.2. The molecule has 3 aromatic rings. The molecule has 30 heavy (non-hydrogen) atoms. The third kappa shape index (κ3) is 3.20. The maximum atomic E-state index is 12.9. The number of hydrogen-bond acceptors (Lipinski definition) is 4. The predicted octanol–water partition coefficient (Wildman–Crippen LogP) is 2.37. The summed E-state index contributed by atoms with van der Waals surface area (Å²) in [4.78, 5) is 31.8. The number of ether oxygens (including phenoxy) is 1. The fraction of sp³-hybridized carbons (Fsp3) is 0.348. The van der Waals surface area contributed by atoms with Crippen molar-refractivity contribution in [3.63, 3.8) is 0 Å². The molecular weight excluding hydrogens is 380 g/mol. The number of fused-ring (bicyclic) bond motifs is 2. The highest BCUT2D eigenvalue weighted by Gasteiger charge is 2.26. The van der Waals surface area contributed by atoms with Gasteiger partial charge in [0.25, 0.3) is 11.5 Å². The number of rotatable bonds is 5. The minimum Gasteiger partial charge on any atom is -0.491 e. The van der Waals surface area contributed by atoms with Crippen molar-refractivity contribution < 1.29 is 9.53 Å². The van der Waals surface area contributed by atoms with Gasteiger partial charge in [-0.25, -0.2) is 4.98 Å². The third-order valence-corrected chi connectivity index (χ3v) is 5.97. The van der Waals surface area contributed by atoms with Crippen molar-refractivity contribution in [3.8, 4) is 11.4 Å². The highest BCUT2D eigenvalue weighted by Crippen LogP contribution is 2.30. The number of hydrogen-bond donors (Lipinski definition) is 0. The average molecular weight is 404 g/mol. The molecule has 2 aromatic heterocycles. The molecule has 0 radical (unpaired) electrons. The smallest absolute Gasteiger partial charge is 0.275 e. The zero-order valence-corrected chi connectivity index (χ0v) is 17.0. The summed E-state index contributed by atoms with van der Waals surface area (Å²) in [5.41, 5.74) is 4.27. The van der Waals surface area contributed by atoms with Gasteiger partial charge in [-0.05, 0) is 55.5 Å². The van der Waals surface area contributed by atoms with Gasteiger partial charge in [-0.15, -0.1) is 0 Å². The first-order valence-electron chi connectivity index (χ1n) is 10.4. The number of aromatic nitrogens is 3. The van der Waals surface area contributed by atoms with Crippen LogP contribution in [0.5, 0.6) is 5.75 Å². The van der Waals surface area contributed by atoms with Gasteiger partial charge in [0.15, 0.2) is 0 Å². The fourth-order valence-corrected chi connectivity index (χ4v) is 4.41. The van der Waals surface area contributed by atoms with E-state index >= 15 is 0 Å². The minimum atomic E-state index is -0.172. The summed E-state index contributed by atoms with van der Waals surface area (Å²) >= 11 is 0. The van der Waals surface area contributed by atoms with Gasteiger partial charge in [0.05, 0.1) is 18.6 Å². The van der Waals surface area contributed by atoms with Crippen molar-refractivity contribution >= 4 is 5.91 Å². The van der Waals surface area contributed by atoms with Gasteiger partial charge >= 0.3 is 0 Å². The second-order valence-corrected chi connectivity index (χ2v) is 7.87. The number of benzene rings is 1. The van der Waals surface area contributed by atoms with E-state index in [1.54, 1.807) is 38.7 Å². The maximum absolute atomic E-state index is 12.9. The zero-order valence-electron chi connectivity index (χ0n) is 17.0. The summed E-state index contributed by atoms with van der Waals surface area (Å²) < 4.78 is 9.28. The molecule has 1 aromatic carbocycles. The van der Waals surface area contributed by atoms with E-state index in [0.29, 0.717) is 37.6 Å². The van der Waals surface area contributed by atoms with Crippen LogP contribution in [0.4, 0.5) is 0 Å². The number of pyridine rings is 1. The first kappa shape index (κ1) is 18.7. The Balaban J connectivity index is 1.29. The molecule has 1 aliphatic heterocycles. The molecule has 0 atom stereocenters. The first-order valence-corrected chi connectivity index (χ1v) is 10.4. The lowest BCUT2D eigenvalue weighted by atomic mass is 10.1. The minimum absolute atomic E-state index is 0.131. The molecule has 0 saturated carbocycles. The van der Waals surface area contributed by atoms with E-state index in [9.17, 15) is 9.59 Å². The van der Waals surface area contributed by atoms with Crippen molar-refractivity contribution in [2.75, 3.05) is 19.7 Å². The van der Waals surface area contributed by atoms with Crippen LogP contribution in [0.25, 0.3) is 5.69 Å². The average Bonchev–Trinajstić information content (AvgIpc) is 3.39. The number of imidazole rings is 1. The van der Waals surface area contributed by atoms with E-state index in [4.69, 9.17) is 4.74 Å². The van der Waals surface area contributed by atoms with Gasteiger partial charge in [-0.1, -0.05) is 12.1 Å². The first-order chi connectivity index (χ1) is 14.6. The van der Waals surface area contributed by atoms with Gasteiger partial charge in [0, 0.05) is 19.3 Å². The van der Waals surface area contributed by atoms with Crippen molar-refractivity contribution in [1.29, 1.82) is 0 Å².